The predicted molar refractivity (Wildman–Crippen MR) is 187 cm³/mol. The molecule has 0 atom stereocenters. The van der Waals surface area contributed by atoms with Gasteiger partial charge in [0, 0.05) is 29.0 Å². The highest BCUT2D eigenvalue weighted by Gasteiger charge is 2.49. The van der Waals surface area contributed by atoms with E-state index in [0.717, 1.165) is 47.9 Å². The van der Waals surface area contributed by atoms with Crippen LogP contribution in [-0.4, -0.2) is 40.0 Å². The molecule has 0 unspecified atom stereocenters. The Morgan fingerprint density at radius 2 is 1.84 bits per heavy atom. The van der Waals surface area contributed by atoms with Crippen molar-refractivity contribution in [2.75, 3.05) is 5.73 Å². The fourth-order valence-electron chi connectivity index (χ4n) is 7.29. The molecule has 2 aliphatic carbocycles. The van der Waals surface area contributed by atoms with Crippen LogP contribution in [0.2, 0.25) is 0 Å². The number of benzene rings is 3. The molecule has 2 saturated carbocycles. The van der Waals surface area contributed by atoms with E-state index in [0.29, 0.717) is 57.1 Å². The largest absolute Gasteiger partial charge is 0.504 e. The standard InChI is InChI=1S/C39H35N7O3/c1-22-7-13-25(14-8-22)39(17-18-39)46-30(43-28-6-4-5-24(31(28)37(46)48)12-11-23-9-10-23)20-45-36-32(35(40)41-21-42-36)33(44-45)26-15-16-29(47)34-27(26)19-38(2,3)49-34/h4-8,13-16,21,23,47H,9-10,17-20H2,1-3H3,(H2,40,41,42). The number of anilines is 1. The van der Waals surface area contributed by atoms with Crippen LogP contribution in [0.15, 0.2) is 65.7 Å². The summed E-state index contributed by atoms with van der Waals surface area (Å²) < 4.78 is 9.78. The van der Waals surface area contributed by atoms with Gasteiger partial charge in [-0.3, -0.25) is 9.36 Å². The van der Waals surface area contributed by atoms with Crippen molar-refractivity contribution in [1.82, 2.24) is 29.3 Å². The van der Waals surface area contributed by atoms with E-state index < -0.39 is 11.1 Å². The van der Waals surface area contributed by atoms with Gasteiger partial charge in [0.25, 0.3) is 5.56 Å². The molecule has 10 nitrogen and oxygen atoms in total. The van der Waals surface area contributed by atoms with Crippen molar-refractivity contribution >= 4 is 27.8 Å². The van der Waals surface area contributed by atoms with Gasteiger partial charge < -0.3 is 15.6 Å². The zero-order valence-electron chi connectivity index (χ0n) is 27.6. The van der Waals surface area contributed by atoms with Crippen molar-refractivity contribution in [2.24, 2.45) is 5.92 Å². The van der Waals surface area contributed by atoms with Crippen LogP contribution in [0.3, 0.4) is 0 Å². The summed E-state index contributed by atoms with van der Waals surface area (Å²) in [6, 6.07) is 17.6. The third-order valence-corrected chi connectivity index (χ3v) is 10.0. The number of aryl methyl sites for hydroxylation is 1. The van der Waals surface area contributed by atoms with Gasteiger partial charge in [0.05, 0.1) is 21.8 Å². The molecule has 49 heavy (non-hydrogen) atoms. The maximum absolute atomic E-state index is 14.9. The van der Waals surface area contributed by atoms with Crippen LogP contribution < -0.4 is 16.0 Å². The molecule has 3 aromatic heterocycles. The second kappa shape index (κ2) is 10.4. The molecule has 3 aliphatic rings. The van der Waals surface area contributed by atoms with E-state index in [1.54, 1.807) is 10.7 Å². The van der Waals surface area contributed by atoms with E-state index in [1.165, 1.54) is 6.33 Å². The number of phenols is 1. The number of fused-ring (bicyclic) bond motifs is 3. The number of nitrogen functional groups attached to an aromatic ring is 1. The topological polar surface area (TPSA) is 134 Å². The van der Waals surface area contributed by atoms with Gasteiger partial charge in [-0.05, 0) is 76.3 Å². The van der Waals surface area contributed by atoms with Crippen molar-refractivity contribution in [3.8, 4) is 34.6 Å². The minimum Gasteiger partial charge on any atom is -0.504 e. The molecule has 0 amide bonds. The van der Waals surface area contributed by atoms with Crippen LogP contribution in [-0.2, 0) is 18.5 Å². The first-order valence-corrected chi connectivity index (χ1v) is 16.8. The molecule has 0 radical (unpaired) electrons. The lowest BCUT2D eigenvalue weighted by atomic mass is 9.95. The fourth-order valence-corrected chi connectivity index (χ4v) is 7.29. The van der Waals surface area contributed by atoms with E-state index >= 15 is 0 Å². The van der Waals surface area contributed by atoms with Crippen LogP contribution >= 0.6 is 0 Å². The molecule has 3 aromatic carbocycles. The zero-order valence-corrected chi connectivity index (χ0v) is 27.6. The summed E-state index contributed by atoms with van der Waals surface area (Å²) in [5.41, 5.74) is 11.6. The maximum atomic E-state index is 14.9. The van der Waals surface area contributed by atoms with Crippen molar-refractivity contribution in [3.05, 3.63) is 99.4 Å². The predicted octanol–water partition coefficient (Wildman–Crippen LogP) is 5.86. The number of hydrogen-bond donors (Lipinski definition) is 2. The first-order chi connectivity index (χ1) is 23.6. The highest BCUT2D eigenvalue weighted by Crippen LogP contribution is 2.50. The van der Waals surface area contributed by atoms with Crippen LogP contribution in [0.5, 0.6) is 11.5 Å². The van der Waals surface area contributed by atoms with E-state index in [4.69, 9.17) is 20.6 Å². The third kappa shape index (κ3) is 4.75. The minimum atomic E-state index is -0.543. The second-order valence-corrected chi connectivity index (χ2v) is 14.3. The normalized spacial score (nSPS) is 17.0. The Bertz CT molecular complexity index is 2480. The van der Waals surface area contributed by atoms with Gasteiger partial charge >= 0.3 is 0 Å². The first kappa shape index (κ1) is 29.4. The van der Waals surface area contributed by atoms with Crippen molar-refractivity contribution in [2.45, 2.75) is 70.6 Å². The Hall–Kier alpha value is -5.69. The molecule has 0 spiro atoms. The lowest BCUT2D eigenvalue weighted by Crippen LogP contribution is -2.36. The number of hydrogen-bond acceptors (Lipinski definition) is 8. The Morgan fingerprint density at radius 1 is 1.04 bits per heavy atom. The van der Waals surface area contributed by atoms with E-state index in [-0.39, 0.29) is 23.7 Å². The number of nitrogens with zero attached hydrogens (tertiary/aromatic N) is 6. The van der Waals surface area contributed by atoms with Gasteiger partial charge in [-0.25, -0.2) is 19.6 Å². The molecule has 3 N–H and O–H groups in total. The summed E-state index contributed by atoms with van der Waals surface area (Å²) >= 11 is 0. The number of aromatic nitrogens is 6. The molecular formula is C39H35N7O3. The Balaban J connectivity index is 1.26. The molecule has 0 saturated heterocycles. The summed E-state index contributed by atoms with van der Waals surface area (Å²) in [6.07, 6.45) is 5.82. The molecule has 244 valence electrons. The Labute approximate surface area is 282 Å². The monoisotopic (exact) mass is 649 g/mol. The van der Waals surface area contributed by atoms with Gasteiger partial charge in [-0.1, -0.05) is 47.7 Å². The number of ether oxygens (including phenoxy) is 1. The second-order valence-electron chi connectivity index (χ2n) is 14.3. The van der Waals surface area contributed by atoms with E-state index in [1.807, 2.05) is 42.7 Å². The lowest BCUT2D eigenvalue weighted by Gasteiger charge is -2.24. The average molecular weight is 650 g/mol. The summed E-state index contributed by atoms with van der Waals surface area (Å²) in [6.45, 7) is 6.19. The van der Waals surface area contributed by atoms with Crippen LogP contribution in [0.25, 0.3) is 33.2 Å². The summed E-state index contributed by atoms with van der Waals surface area (Å²) in [4.78, 5) is 29.0. The number of aromatic hydroxyl groups is 1. The molecule has 6 aromatic rings. The van der Waals surface area contributed by atoms with Gasteiger partial charge in [-0.15, -0.1) is 0 Å². The molecule has 0 bridgehead atoms. The van der Waals surface area contributed by atoms with Crippen LogP contribution in [0, 0.1) is 24.7 Å². The zero-order chi connectivity index (χ0) is 33.7. The fraction of sp³-hybridized carbons (Fsp3) is 0.308. The Morgan fingerprint density at radius 3 is 2.59 bits per heavy atom. The molecule has 2 fully saturated rings. The smallest absolute Gasteiger partial charge is 0.263 e. The highest BCUT2D eigenvalue weighted by molar-refractivity contribution is 5.99. The molecule has 10 heteroatoms. The van der Waals surface area contributed by atoms with Gasteiger partial charge in [0.1, 0.15) is 35.8 Å². The quantitative estimate of drug-likeness (QED) is 0.222. The van der Waals surface area contributed by atoms with Crippen molar-refractivity contribution < 1.29 is 9.84 Å². The van der Waals surface area contributed by atoms with Crippen LogP contribution in [0.4, 0.5) is 5.82 Å². The van der Waals surface area contributed by atoms with Gasteiger partial charge in [0.2, 0.25) is 0 Å². The van der Waals surface area contributed by atoms with Crippen molar-refractivity contribution in [3.63, 3.8) is 0 Å². The average Bonchev–Trinajstić information content (AvgIpc) is 4.00. The summed E-state index contributed by atoms with van der Waals surface area (Å²) in [5, 5.41) is 16.9. The van der Waals surface area contributed by atoms with Gasteiger partial charge in [-0.2, -0.15) is 5.10 Å². The van der Waals surface area contributed by atoms with E-state index in [9.17, 15) is 9.90 Å². The summed E-state index contributed by atoms with van der Waals surface area (Å²) in [5.74, 6) is 8.42. The number of nitrogens with two attached hydrogens (primary N) is 1. The lowest BCUT2D eigenvalue weighted by molar-refractivity contribution is 0.134. The minimum absolute atomic E-state index is 0.0775. The maximum Gasteiger partial charge on any atom is 0.263 e. The SMILES string of the molecule is Cc1ccc(C2(n3c(Cn4nc(-c5ccc(O)c6c5CC(C)(C)O6)c5c(N)ncnc54)nc4cccc(C#CC5CC5)c4c3=O)CC2)cc1. The number of phenolic OH excluding ortho intramolecular Hbond substituents is 1. The highest BCUT2D eigenvalue weighted by atomic mass is 16.5. The van der Waals surface area contributed by atoms with E-state index in [2.05, 4.69) is 53.0 Å². The Kier molecular flexibility index (Phi) is 6.25. The molecular weight excluding hydrogens is 614 g/mol. The van der Waals surface area contributed by atoms with Crippen molar-refractivity contribution in [1.29, 1.82) is 0 Å². The molecule has 1 aliphatic heterocycles. The molecule has 4 heterocycles. The van der Waals surface area contributed by atoms with Gasteiger partial charge in [0.15, 0.2) is 17.1 Å². The first-order valence-electron chi connectivity index (χ1n) is 16.8. The third-order valence-electron chi connectivity index (χ3n) is 10.0. The number of rotatable bonds is 5. The molecule has 9 rings (SSSR count). The summed E-state index contributed by atoms with van der Waals surface area (Å²) in [7, 11) is 0. The van der Waals surface area contributed by atoms with Crippen LogP contribution in [0.1, 0.15) is 67.6 Å².